The van der Waals surface area contributed by atoms with Gasteiger partial charge in [0.05, 0.1) is 11.0 Å². The van der Waals surface area contributed by atoms with Gasteiger partial charge < -0.3 is 14.5 Å². The largest absolute Gasteiger partial charge is 0.355 e. The van der Waals surface area contributed by atoms with E-state index in [2.05, 4.69) is 264 Å². The summed E-state index contributed by atoms with van der Waals surface area (Å²) in [4.78, 5) is 0. The second kappa shape index (κ2) is 15.0. The van der Waals surface area contributed by atoms with Gasteiger partial charge in [0.25, 0.3) is 0 Å². The van der Waals surface area contributed by atoms with Crippen LogP contribution in [0.4, 0.5) is 11.4 Å². The Morgan fingerprint density at radius 3 is 1.85 bits per heavy atom. The Morgan fingerprint density at radius 1 is 0.507 bits per heavy atom. The molecule has 4 heteroatoms. The fourth-order valence-electron chi connectivity index (χ4n) is 13.2. The maximum absolute atomic E-state index is 4.15. The monoisotopic (exact) mass is 949 g/mol. The SMILES string of the molecule is Cn1c(-c2ccccc2)cc2cc3c(cc21)-n1c2ccc(C(C)(C)C)cc2c2c4c(c(-c5cc6c(cc5Nc5ccc(C(C)(C)C)cc5)C(C)(C)c5ccc(C(C)(C)C)cc5-6)c(c21)[B]3)C(C)(C)c1ccccc1-4. The van der Waals surface area contributed by atoms with Crippen LogP contribution in [0.15, 0.2) is 146 Å². The number of hydrogen-bond donors (Lipinski definition) is 1. The molecule has 0 unspecified atom stereocenters. The number of fused-ring (bicyclic) bond motifs is 13. The van der Waals surface area contributed by atoms with Crippen LogP contribution in [0.2, 0.25) is 0 Å². The molecule has 2 aliphatic carbocycles. The number of anilines is 2. The number of aryl methyl sites for hydroxylation is 1. The Labute approximate surface area is 433 Å². The predicted molar refractivity (Wildman–Crippen MR) is 314 cm³/mol. The number of nitrogens with one attached hydrogen (secondary N) is 1. The summed E-state index contributed by atoms with van der Waals surface area (Å²) in [6.45, 7) is 30.7. The third-order valence-electron chi connectivity index (χ3n) is 17.4. The second-order valence-electron chi connectivity index (χ2n) is 25.9. The molecule has 0 bridgehead atoms. The molecule has 0 atom stereocenters. The maximum atomic E-state index is 4.15. The third kappa shape index (κ3) is 6.57. The summed E-state index contributed by atoms with van der Waals surface area (Å²) in [5.41, 5.74) is 29.1. The Bertz CT molecular complexity index is 4000. The van der Waals surface area contributed by atoms with Gasteiger partial charge in [-0.05, 0) is 148 Å². The van der Waals surface area contributed by atoms with Crippen LogP contribution >= 0.6 is 0 Å². The van der Waals surface area contributed by atoms with E-state index >= 15 is 0 Å². The molecule has 13 rings (SSSR count). The number of rotatable bonds is 4. The Morgan fingerprint density at radius 2 is 1.14 bits per heavy atom. The van der Waals surface area contributed by atoms with Gasteiger partial charge in [-0.25, -0.2) is 0 Å². The van der Waals surface area contributed by atoms with Crippen LogP contribution in [0, 0.1) is 0 Å². The summed E-state index contributed by atoms with van der Waals surface area (Å²) in [6.07, 6.45) is 0. The molecule has 0 saturated carbocycles. The number of benzene rings is 8. The van der Waals surface area contributed by atoms with E-state index in [1.807, 2.05) is 0 Å². The van der Waals surface area contributed by atoms with Gasteiger partial charge in [-0.2, -0.15) is 0 Å². The van der Waals surface area contributed by atoms with Crippen molar-refractivity contribution in [3.05, 3.63) is 185 Å². The highest BCUT2D eigenvalue weighted by molar-refractivity contribution is 6.74. The van der Waals surface area contributed by atoms with E-state index in [1.54, 1.807) is 0 Å². The molecule has 361 valence electrons. The Hall–Kier alpha value is -7.04. The van der Waals surface area contributed by atoms with Gasteiger partial charge in [-0.15, -0.1) is 0 Å². The highest BCUT2D eigenvalue weighted by atomic mass is 15.0. The van der Waals surface area contributed by atoms with Crippen molar-refractivity contribution in [2.24, 2.45) is 7.05 Å². The molecule has 0 amide bonds. The molecule has 10 aromatic rings. The first-order valence-corrected chi connectivity index (χ1v) is 26.6. The first-order chi connectivity index (χ1) is 34.5. The van der Waals surface area contributed by atoms with Gasteiger partial charge in [0.1, 0.15) is 0 Å². The normalized spacial score (nSPS) is 15.0. The molecule has 0 spiro atoms. The highest BCUT2D eigenvalue weighted by Crippen LogP contribution is 2.59. The number of aromatic nitrogens is 2. The zero-order chi connectivity index (χ0) is 51.1. The summed E-state index contributed by atoms with van der Waals surface area (Å²) in [6, 6.07) is 56.4. The minimum Gasteiger partial charge on any atom is -0.355 e. The van der Waals surface area contributed by atoms with Gasteiger partial charge in [0.2, 0.25) is 0 Å². The second-order valence-corrected chi connectivity index (χ2v) is 25.9. The van der Waals surface area contributed by atoms with Crippen LogP contribution in [-0.2, 0) is 34.1 Å². The quantitative estimate of drug-likeness (QED) is 0.175. The van der Waals surface area contributed by atoms with Crippen molar-refractivity contribution in [3.63, 3.8) is 0 Å². The zero-order valence-electron chi connectivity index (χ0n) is 45.3. The molecule has 0 fully saturated rings. The van der Waals surface area contributed by atoms with Crippen molar-refractivity contribution < 1.29 is 0 Å². The molecular formula is C69H67BN3. The minimum atomic E-state index is -0.328. The molecule has 0 saturated heterocycles. The lowest BCUT2D eigenvalue weighted by atomic mass is 9.57. The summed E-state index contributed by atoms with van der Waals surface area (Å²) in [5, 5.41) is 8.05. The van der Waals surface area contributed by atoms with Crippen molar-refractivity contribution in [3.8, 4) is 50.3 Å². The van der Waals surface area contributed by atoms with Crippen molar-refractivity contribution >= 4 is 62.3 Å². The molecule has 2 aromatic heterocycles. The number of hydrogen-bond acceptors (Lipinski definition) is 1. The van der Waals surface area contributed by atoms with Crippen molar-refractivity contribution in [2.45, 2.75) is 117 Å². The first kappa shape index (κ1) is 45.8. The van der Waals surface area contributed by atoms with Crippen LogP contribution in [0.3, 0.4) is 0 Å². The predicted octanol–water partition coefficient (Wildman–Crippen LogP) is 16.8. The molecule has 3 aliphatic rings. The average molecular weight is 949 g/mol. The van der Waals surface area contributed by atoms with Crippen LogP contribution in [0.25, 0.3) is 83.0 Å². The van der Waals surface area contributed by atoms with Gasteiger partial charge in [-0.3, -0.25) is 0 Å². The molecule has 1 radical (unpaired) electrons. The van der Waals surface area contributed by atoms with Crippen molar-refractivity contribution in [1.29, 1.82) is 0 Å². The zero-order valence-corrected chi connectivity index (χ0v) is 45.3. The third-order valence-corrected chi connectivity index (χ3v) is 17.4. The van der Waals surface area contributed by atoms with E-state index in [1.165, 1.54) is 133 Å². The lowest BCUT2D eigenvalue weighted by Gasteiger charge is -2.31. The lowest BCUT2D eigenvalue weighted by Crippen LogP contribution is -2.38. The van der Waals surface area contributed by atoms with E-state index in [0.29, 0.717) is 0 Å². The van der Waals surface area contributed by atoms with Gasteiger partial charge in [0, 0.05) is 62.5 Å². The topological polar surface area (TPSA) is 21.9 Å². The van der Waals surface area contributed by atoms with Gasteiger partial charge in [0.15, 0.2) is 7.28 Å². The van der Waals surface area contributed by atoms with Gasteiger partial charge in [-0.1, -0.05) is 193 Å². The molecular weight excluding hydrogens is 882 g/mol. The molecule has 8 aromatic carbocycles. The summed E-state index contributed by atoms with van der Waals surface area (Å²) in [7, 11) is 4.79. The van der Waals surface area contributed by atoms with Crippen LogP contribution in [0.5, 0.6) is 0 Å². The molecule has 1 aliphatic heterocycles. The van der Waals surface area contributed by atoms with Crippen LogP contribution < -0.4 is 16.2 Å². The van der Waals surface area contributed by atoms with Crippen LogP contribution in [0.1, 0.15) is 129 Å². The van der Waals surface area contributed by atoms with E-state index < -0.39 is 0 Å². The van der Waals surface area contributed by atoms with Gasteiger partial charge >= 0.3 is 0 Å². The molecule has 3 heterocycles. The average Bonchev–Trinajstić information content (AvgIpc) is 4.04. The van der Waals surface area contributed by atoms with E-state index in [0.717, 1.165) is 11.4 Å². The van der Waals surface area contributed by atoms with Crippen molar-refractivity contribution in [1.82, 2.24) is 9.13 Å². The lowest BCUT2D eigenvalue weighted by molar-refractivity contribution is 0.589. The Balaban J connectivity index is 1.19. The van der Waals surface area contributed by atoms with E-state index in [9.17, 15) is 0 Å². The van der Waals surface area contributed by atoms with E-state index in [-0.39, 0.29) is 27.1 Å². The molecule has 73 heavy (non-hydrogen) atoms. The summed E-state index contributed by atoms with van der Waals surface area (Å²) >= 11 is 0. The molecule has 1 N–H and O–H groups in total. The number of nitrogens with zero attached hydrogens (tertiary/aromatic N) is 2. The standard InChI is InChI=1S/C69H67BN3/c1-65(2,3)41-24-28-44(29-25-41)71-54-37-52-47(46-34-42(66(4,5)6)26-30-51(46)68(52,10)11)36-48(54)61-62-59(45-22-18-19-23-50(45)69(62,12)13)60-49-35-43(67(7,8)9)27-31-55(49)73-58-38-57-40(32-53(58)70-63(61)64(60)73)33-56(72(57)14)39-20-16-15-17-21-39/h15-38,71H,1-14H3. The Kier molecular flexibility index (Phi) is 9.43. The fraction of sp³-hybridized carbons (Fsp3) is 0.275. The van der Waals surface area contributed by atoms with Crippen molar-refractivity contribution in [2.75, 3.05) is 5.32 Å². The highest BCUT2D eigenvalue weighted by Gasteiger charge is 2.44. The van der Waals surface area contributed by atoms with E-state index in [4.69, 9.17) is 0 Å². The molecule has 3 nitrogen and oxygen atoms in total. The fourth-order valence-corrected chi connectivity index (χ4v) is 13.2. The summed E-state index contributed by atoms with van der Waals surface area (Å²) < 4.78 is 5.03. The first-order valence-electron chi connectivity index (χ1n) is 26.6. The summed E-state index contributed by atoms with van der Waals surface area (Å²) in [5.74, 6) is 0. The smallest absolute Gasteiger partial charge is 0.197 e. The van der Waals surface area contributed by atoms with Crippen LogP contribution in [-0.4, -0.2) is 16.4 Å². The maximum Gasteiger partial charge on any atom is 0.197 e. The minimum absolute atomic E-state index is 0.00590.